The van der Waals surface area contributed by atoms with E-state index >= 15 is 0 Å². The predicted molar refractivity (Wildman–Crippen MR) is 98.3 cm³/mol. The van der Waals surface area contributed by atoms with Gasteiger partial charge in [0, 0.05) is 45.0 Å². The fourth-order valence-electron chi connectivity index (χ4n) is 3.97. The van der Waals surface area contributed by atoms with E-state index in [1.807, 2.05) is 0 Å². The standard InChI is InChI=1S/C18H27N5O3/c1-12(2)21-7-8-23(18(25)26)15(11-21)14-5-6-22(10-14)16-4-3-13(9-20-16)17(19)24/h3-4,9,12,14-15H,5-8,10-11H2,1-2H3,(H2,19,24)(H,25,26). The maximum absolute atomic E-state index is 11.7. The average molecular weight is 361 g/mol. The molecule has 26 heavy (non-hydrogen) atoms. The molecular weight excluding hydrogens is 334 g/mol. The van der Waals surface area contributed by atoms with Crippen LogP contribution in [0.1, 0.15) is 30.6 Å². The Morgan fingerprint density at radius 1 is 1.23 bits per heavy atom. The quantitative estimate of drug-likeness (QED) is 0.832. The Balaban J connectivity index is 1.70. The molecule has 8 nitrogen and oxygen atoms in total. The summed E-state index contributed by atoms with van der Waals surface area (Å²) < 4.78 is 0. The number of carboxylic acid groups (broad SMARTS) is 1. The third-order valence-electron chi connectivity index (χ3n) is 5.55. The number of aromatic nitrogens is 1. The van der Waals surface area contributed by atoms with E-state index in [0.29, 0.717) is 18.2 Å². The second-order valence-corrected chi connectivity index (χ2v) is 7.40. The van der Waals surface area contributed by atoms with Crippen molar-refractivity contribution in [1.82, 2.24) is 14.8 Å². The molecule has 3 N–H and O–H groups in total. The maximum Gasteiger partial charge on any atom is 0.407 e. The molecular formula is C18H27N5O3. The molecule has 0 spiro atoms. The van der Waals surface area contributed by atoms with Gasteiger partial charge in [-0.15, -0.1) is 0 Å². The Kier molecular flexibility index (Phi) is 5.31. The van der Waals surface area contributed by atoms with E-state index in [4.69, 9.17) is 5.73 Å². The van der Waals surface area contributed by atoms with Crippen LogP contribution in [0, 0.1) is 5.92 Å². The molecule has 2 saturated heterocycles. The Bertz CT molecular complexity index is 663. The van der Waals surface area contributed by atoms with Crippen LogP contribution in [0.25, 0.3) is 0 Å². The van der Waals surface area contributed by atoms with Crippen molar-refractivity contribution in [2.75, 3.05) is 37.6 Å². The van der Waals surface area contributed by atoms with Gasteiger partial charge < -0.3 is 20.6 Å². The van der Waals surface area contributed by atoms with Crippen molar-refractivity contribution < 1.29 is 14.7 Å². The van der Waals surface area contributed by atoms with Gasteiger partial charge in [-0.2, -0.15) is 0 Å². The van der Waals surface area contributed by atoms with Gasteiger partial charge >= 0.3 is 6.09 Å². The van der Waals surface area contributed by atoms with Crippen LogP contribution >= 0.6 is 0 Å². The van der Waals surface area contributed by atoms with Gasteiger partial charge in [-0.3, -0.25) is 9.69 Å². The number of nitrogens with zero attached hydrogens (tertiary/aromatic N) is 4. The molecule has 142 valence electrons. The maximum atomic E-state index is 11.7. The third kappa shape index (κ3) is 3.75. The van der Waals surface area contributed by atoms with Crippen LogP contribution in [0.2, 0.25) is 0 Å². The van der Waals surface area contributed by atoms with Gasteiger partial charge in [-0.05, 0) is 38.3 Å². The first kappa shape index (κ1) is 18.4. The van der Waals surface area contributed by atoms with Crippen LogP contribution in [0.4, 0.5) is 10.6 Å². The number of rotatable bonds is 4. The van der Waals surface area contributed by atoms with Gasteiger partial charge in [0.05, 0.1) is 11.6 Å². The monoisotopic (exact) mass is 361 g/mol. The minimum absolute atomic E-state index is 0.00135. The molecule has 3 rings (SSSR count). The molecule has 0 saturated carbocycles. The first-order valence-electron chi connectivity index (χ1n) is 9.11. The minimum atomic E-state index is -0.833. The second kappa shape index (κ2) is 7.49. The van der Waals surface area contributed by atoms with Crippen LogP contribution in [0.15, 0.2) is 18.3 Å². The fourth-order valence-corrected chi connectivity index (χ4v) is 3.97. The Labute approximate surface area is 153 Å². The summed E-state index contributed by atoms with van der Waals surface area (Å²) >= 11 is 0. The number of anilines is 1. The highest BCUT2D eigenvalue weighted by Gasteiger charge is 2.39. The summed E-state index contributed by atoms with van der Waals surface area (Å²) in [7, 11) is 0. The number of carbonyl (C=O) groups is 2. The van der Waals surface area contributed by atoms with Crippen molar-refractivity contribution in [3.8, 4) is 0 Å². The Morgan fingerprint density at radius 2 is 2.00 bits per heavy atom. The van der Waals surface area contributed by atoms with E-state index in [1.54, 1.807) is 17.0 Å². The second-order valence-electron chi connectivity index (χ2n) is 7.40. The molecule has 2 fully saturated rings. The zero-order chi connectivity index (χ0) is 18.8. The molecule has 3 heterocycles. The summed E-state index contributed by atoms with van der Waals surface area (Å²) in [6, 6.07) is 3.90. The van der Waals surface area contributed by atoms with E-state index in [-0.39, 0.29) is 12.0 Å². The van der Waals surface area contributed by atoms with E-state index in [1.165, 1.54) is 6.20 Å². The van der Waals surface area contributed by atoms with E-state index in [2.05, 4.69) is 28.6 Å². The first-order valence-corrected chi connectivity index (χ1v) is 9.11. The van der Waals surface area contributed by atoms with Gasteiger partial charge in [-0.25, -0.2) is 9.78 Å². The molecule has 0 bridgehead atoms. The summed E-state index contributed by atoms with van der Waals surface area (Å²) in [4.78, 5) is 33.3. The number of pyridine rings is 1. The number of amides is 2. The number of carbonyl (C=O) groups excluding carboxylic acids is 1. The molecule has 2 aliphatic heterocycles. The van der Waals surface area contributed by atoms with Crippen molar-refractivity contribution in [1.29, 1.82) is 0 Å². The lowest BCUT2D eigenvalue weighted by Crippen LogP contribution is -2.59. The van der Waals surface area contributed by atoms with Crippen LogP contribution in [0.5, 0.6) is 0 Å². The van der Waals surface area contributed by atoms with Crippen molar-refractivity contribution in [3.63, 3.8) is 0 Å². The van der Waals surface area contributed by atoms with Crippen molar-refractivity contribution in [2.24, 2.45) is 11.7 Å². The fraction of sp³-hybridized carbons (Fsp3) is 0.611. The number of nitrogens with two attached hydrogens (primary N) is 1. The smallest absolute Gasteiger partial charge is 0.407 e. The van der Waals surface area contributed by atoms with Gasteiger partial charge in [0.25, 0.3) is 0 Å². The third-order valence-corrected chi connectivity index (χ3v) is 5.55. The molecule has 0 aliphatic carbocycles. The van der Waals surface area contributed by atoms with Gasteiger partial charge in [0.2, 0.25) is 5.91 Å². The van der Waals surface area contributed by atoms with Crippen LogP contribution in [0.3, 0.4) is 0 Å². The van der Waals surface area contributed by atoms with Crippen molar-refractivity contribution in [2.45, 2.75) is 32.4 Å². The Morgan fingerprint density at radius 3 is 2.58 bits per heavy atom. The van der Waals surface area contributed by atoms with E-state index in [0.717, 1.165) is 38.4 Å². The highest BCUT2D eigenvalue weighted by atomic mass is 16.4. The number of hydrogen-bond donors (Lipinski definition) is 2. The molecule has 1 aromatic heterocycles. The summed E-state index contributed by atoms with van der Waals surface area (Å²) in [6.45, 7) is 8.02. The lowest BCUT2D eigenvalue weighted by molar-refractivity contribution is 0.0347. The zero-order valence-corrected chi connectivity index (χ0v) is 15.3. The highest BCUT2D eigenvalue weighted by molar-refractivity contribution is 5.92. The molecule has 0 aromatic carbocycles. The summed E-state index contributed by atoms with van der Waals surface area (Å²) in [5.74, 6) is 0.581. The van der Waals surface area contributed by atoms with Crippen LogP contribution in [-0.2, 0) is 0 Å². The van der Waals surface area contributed by atoms with Gasteiger partial charge in [0.1, 0.15) is 5.82 Å². The molecule has 8 heteroatoms. The van der Waals surface area contributed by atoms with Crippen molar-refractivity contribution >= 4 is 17.8 Å². The lowest BCUT2D eigenvalue weighted by atomic mass is 9.94. The number of primary amides is 1. The summed E-state index contributed by atoms with van der Waals surface area (Å²) in [6.07, 6.45) is 1.59. The molecule has 0 radical (unpaired) electrons. The predicted octanol–water partition coefficient (Wildman–Crippen LogP) is 1.08. The molecule has 1 aromatic rings. The highest BCUT2D eigenvalue weighted by Crippen LogP contribution is 2.29. The van der Waals surface area contributed by atoms with Crippen LogP contribution in [-0.4, -0.2) is 76.7 Å². The topological polar surface area (TPSA) is 103 Å². The van der Waals surface area contributed by atoms with Gasteiger partial charge in [0.15, 0.2) is 0 Å². The molecule has 2 aliphatic rings. The number of piperazine rings is 1. The normalized spacial score (nSPS) is 24.3. The van der Waals surface area contributed by atoms with E-state index in [9.17, 15) is 14.7 Å². The van der Waals surface area contributed by atoms with Crippen LogP contribution < -0.4 is 10.6 Å². The molecule has 2 atom stereocenters. The molecule has 2 unspecified atom stereocenters. The number of hydrogen-bond acceptors (Lipinski definition) is 5. The minimum Gasteiger partial charge on any atom is -0.465 e. The first-order chi connectivity index (χ1) is 12.4. The van der Waals surface area contributed by atoms with Crippen molar-refractivity contribution in [3.05, 3.63) is 23.9 Å². The molecule has 2 amide bonds. The lowest BCUT2D eigenvalue weighted by Gasteiger charge is -2.44. The largest absolute Gasteiger partial charge is 0.465 e. The van der Waals surface area contributed by atoms with E-state index < -0.39 is 12.0 Å². The Hall–Kier alpha value is -2.35. The summed E-state index contributed by atoms with van der Waals surface area (Å²) in [5, 5.41) is 9.60. The zero-order valence-electron chi connectivity index (χ0n) is 15.3. The SMILES string of the molecule is CC(C)N1CCN(C(=O)O)C(C2CCN(c3ccc(C(N)=O)cn3)C2)C1. The average Bonchev–Trinajstić information content (AvgIpc) is 3.11. The summed E-state index contributed by atoms with van der Waals surface area (Å²) in [5.41, 5.74) is 5.65. The van der Waals surface area contributed by atoms with Gasteiger partial charge in [-0.1, -0.05) is 0 Å².